The summed E-state index contributed by atoms with van der Waals surface area (Å²) in [6.45, 7) is 4.47. The number of hydrogen-bond donors (Lipinski definition) is 0. The van der Waals surface area contributed by atoms with Crippen LogP contribution in [0.3, 0.4) is 0 Å². The minimum absolute atomic E-state index is 0. The van der Waals surface area contributed by atoms with Gasteiger partial charge >= 0.3 is 63.3 Å². The van der Waals surface area contributed by atoms with Crippen molar-refractivity contribution in [3.63, 3.8) is 0 Å². The molecule has 1 rings (SSSR count). The van der Waals surface area contributed by atoms with Crippen molar-refractivity contribution < 1.29 is 83.4 Å². The number of ether oxygens (including phenoxy) is 2. The molecule has 0 aliphatic heterocycles. The molecule has 0 fully saturated rings. The van der Waals surface area contributed by atoms with Crippen molar-refractivity contribution in [1.29, 1.82) is 0 Å². The van der Waals surface area contributed by atoms with Crippen molar-refractivity contribution in [1.82, 2.24) is 0 Å². The van der Waals surface area contributed by atoms with Crippen LogP contribution in [0.1, 0.15) is 137 Å². The largest absolute Gasteiger partial charge is 1.00 e. The van der Waals surface area contributed by atoms with Gasteiger partial charge in [-0.1, -0.05) is 95.6 Å². The molecule has 0 amide bonds. The van der Waals surface area contributed by atoms with Crippen LogP contribution in [0.5, 0.6) is 0 Å². The molecule has 0 aliphatic rings. The second-order valence-corrected chi connectivity index (χ2v) is 11.3. The van der Waals surface area contributed by atoms with E-state index < -0.39 is 32.5 Å². The van der Waals surface area contributed by atoms with Gasteiger partial charge in [-0.15, -0.1) is 0 Å². The first-order valence-corrected chi connectivity index (χ1v) is 16.5. The van der Waals surface area contributed by atoms with Gasteiger partial charge in [0.25, 0.3) is 0 Å². The number of esters is 2. The van der Waals surface area contributed by atoms with Gasteiger partial charge in [-0.3, -0.25) is 0 Å². The topological polar surface area (TPSA) is 110 Å². The molecule has 0 aliphatic carbocycles. The van der Waals surface area contributed by atoms with Crippen LogP contribution in [0.2, 0.25) is 0 Å². The molecule has 0 aromatic heterocycles. The number of rotatable bonds is 23. The van der Waals surface area contributed by atoms with Gasteiger partial charge in [0.15, 0.2) is 0 Å². The Morgan fingerprint density at radius 3 is 1.59 bits per heavy atom. The van der Waals surface area contributed by atoms with Crippen molar-refractivity contribution in [2.45, 2.75) is 121 Å². The Bertz CT molecular complexity index is 1020. The van der Waals surface area contributed by atoms with E-state index in [0.29, 0.717) is 12.8 Å². The molecule has 0 spiro atoms. The molecule has 0 radical (unpaired) electrons. The van der Waals surface area contributed by atoms with Crippen LogP contribution in [-0.4, -0.2) is 38.1 Å². The second kappa shape index (κ2) is 25.7. The zero-order chi connectivity index (χ0) is 29.5. The third-order valence-electron chi connectivity index (χ3n) is 6.52. The van der Waals surface area contributed by atoms with Crippen molar-refractivity contribution in [2.24, 2.45) is 0 Å². The molecular formula is C32H49KO7S. The summed E-state index contributed by atoms with van der Waals surface area (Å²) in [5.41, 5.74) is -0.807. The van der Waals surface area contributed by atoms with E-state index >= 15 is 0 Å². The Morgan fingerprint density at radius 2 is 1.12 bits per heavy atom. The smallest absolute Gasteiger partial charge is 0.744 e. The Labute approximate surface area is 291 Å². The fraction of sp³-hybridized carbons (Fsp3) is 0.625. The van der Waals surface area contributed by atoms with E-state index in [1.165, 1.54) is 18.6 Å². The van der Waals surface area contributed by atoms with Crippen LogP contribution in [0.25, 0.3) is 0 Å². The third kappa shape index (κ3) is 19.2. The Balaban J connectivity index is 0.0000160. The molecule has 0 atom stereocenters. The van der Waals surface area contributed by atoms with Crippen LogP contribution in [0.4, 0.5) is 0 Å². The number of hydrogen-bond acceptors (Lipinski definition) is 7. The first-order valence-electron chi connectivity index (χ1n) is 15.1. The zero-order valence-electron chi connectivity index (χ0n) is 25.5. The number of carbonyl (C=O) groups excluding carboxylic acids is 2. The van der Waals surface area contributed by atoms with Crippen molar-refractivity contribution in [3.05, 3.63) is 53.6 Å². The summed E-state index contributed by atoms with van der Waals surface area (Å²) >= 11 is 0. The predicted octanol–water partition coefficient (Wildman–Crippen LogP) is 5.30. The third-order valence-corrected chi connectivity index (χ3v) is 7.40. The molecule has 0 saturated carbocycles. The van der Waals surface area contributed by atoms with E-state index in [-0.39, 0.29) is 70.2 Å². The summed E-state index contributed by atoms with van der Waals surface area (Å²) in [7, 11) is -5.00. The number of benzene rings is 1. The van der Waals surface area contributed by atoms with Crippen molar-refractivity contribution >= 4 is 22.1 Å². The van der Waals surface area contributed by atoms with Crippen molar-refractivity contribution in [2.75, 3.05) is 13.2 Å². The Morgan fingerprint density at radius 1 is 0.683 bits per heavy atom. The van der Waals surface area contributed by atoms with E-state index in [9.17, 15) is 22.6 Å². The van der Waals surface area contributed by atoms with Crippen LogP contribution in [0.15, 0.2) is 47.4 Å². The fourth-order valence-electron chi connectivity index (χ4n) is 4.31. The van der Waals surface area contributed by atoms with Crippen LogP contribution in [0, 0.1) is 0 Å². The zero-order valence-corrected chi connectivity index (χ0v) is 29.5. The van der Waals surface area contributed by atoms with E-state index in [4.69, 9.17) is 9.47 Å². The maximum Gasteiger partial charge on any atom is 1.00 e. The molecule has 0 bridgehead atoms. The Kier molecular flexibility index (Phi) is 25.2. The van der Waals surface area contributed by atoms with E-state index in [0.717, 1.165) is 89.5 Å². The minimum Gasteiger partial charge on any atom is -0.744 e. The molecular weight excluding hydrogens is 568 g/mol. The molecule has 9 heteroatoms. The first kappa shape index (κ1) is 40.2. The SMILES string of the molecule is CC/C=C/CCCCCCCCOC(=O)c1cccc(S(=O)(=O)[O-])c1C(=O)OCCCCCCCC/C=C/CC.[K+]. The summed E-state index contributed by atoms with van der Waals surface area (Å²) in [6.07, 6.45) is 25.0. The maximum absolute atomic E-state index is 12.8. The molecule has 41 heavy (non-hydrogen) atoms. The molecule has 0 saturated heterocycles. The van der Waals surface area contributed by atoms with E-state index in [1.54, 1.807) is 0 Å². The number of allylic oxidation sites excluding steroid dienone is 4. The summed E-state index contributed by atoms with van der Waals surface area (Å²) in [4.78, 5) is 24.8. The quantitative estimate of drug-likeness (QED) is 0.0539. The molecule has 1 aromatic rings. The maximum atomic E-state index is 12.8. The first-order chi connectivity index (χ1) is 19.3. The van der Waals surface area contributed by atoms with Gasteiger partial charge in [-0.2, -0.15) is 0 Å². The van der Waals surface area contributed by atoms with Gasteiger partial charge in [0, 0.05) is 0 Å². The normalized spacial score (nSPS) is 11.6. The molecule has 226 valence electrons. The summed E-state index contributed by atoms with van der Waals surface area (Å²) < 4.78 is 46.1. The van der Waals surface area contributed by atoms with Gasteiger partial charge in [0.2, 0.25) is 0 Å². The monoisotopic (exact) mass is 616 g/mol. The fourth-order valence-corrected chi connectivity index (χ4v) is 5.00. The minimum atomic E-state index is -5.00. The van der Waals surface area contributed by atoms with Gasteiger partial charge in [-0.05, 0) is 63.5 Å². The number of carbonyl (C=O) groups is 2. The predicted molar refractivity (Wildman–Crippen MR) is 158 cm³/mol. The number of unbranched alkanes of at least 4 members (excludes halogenated alkanes) is 12. The summed E-state index contributed by atoms with van der Waals surface area (Å²) in [5.74, 6) is -1.84. The summed E-state index contributed by atoms with van der Waals surface area (Å²) in [6, 6.07) is 3.56. The van der Waals surface area contributed by atoms with Crippen LogP contribution >= 0.6 is 0 Å². The average molecular weight is 617 g/mol. The summed E-state index contributed by atoms with van der Waals surface area (Å²) in [5, 5.41) is 0. The van der Waals surface area contributed by atoms with E-state index in [1.807, 2.05) is 0 Å². The average Bonchev–Trinajstić information content (AvgIpc) is 2.93. The second-order valence-electron chi connectivity index (χ2n) is 9.98. The van der Waals surface area contributed by atoms with Gasteiger partial charge in [-0.25, -0.2) is 18.0 Å². The molecule has 7 nitrogen and oxygen atoms in total. The van der Waals surface area contributed by atoms with Gasteiger partial charge < -0.3 is 14.0 Å². The van der Waals surface area contributed by atoms with Crippen LogP contribution in [-0.2, 0) is 19.6 Å². The standard InChI is InChI=1S/C32H50O7S.K/c1-3-5-7-9-11-13-15-17-19-21-26-38-31(33)28-24-23-25-29(40(35,36)37)30(28)32(34)39-27-22-20-18-16-14-12-10-8-6-4-2;/h5-8,23-25H,3-4,9-22,26-27H2,1-2H3,(H,35,36,37);/q;+1/p-1/b7-5+,8-6+;. The Hall–Kier alpha value is -0.814. The molecule has 0 N–H and O–H groups in total. The van der Waals surface area contributed by atoms with Crippen molar-refractivity contribution in [3.8, 4) is 0 Å². The van der Waals surface area contributed by atoms with Gasteiger partial charge in [0.1, 0.15) is 10.1 Å². The van der Waals surface area contributed by atoms with Gasteiger partial charge in [0.05, 0.1) is 29.2 Å². The molecule has 0 heterocycles. The van der Waals surface area contributed by atoms with Crippen LogP contribution < -0.4 is 51.4 Å². The van der Waals surface area contributed by atoms with E-state index in [2.05, 4.69) is 38.2 Å². The molecule has 1 aromatic carbocycles. The molecule has 0 unspecified atom stereocenters.